The van der Waals surface area contributed by atoms with Crippen LogP contribution in [0, 0.1) is 5.92 Å². The molecule has 0 spiro atoms. The molecule has 1 N–H and O–H groups in total. The summed E-state index contributed by atoms with van der Waals surface area (Å²) in [4.78, 5) is 0. The number of benzene rings is 1. The Balaban J connectivity index is 1.99. The van der Waals surface area contributed by atoms with Gasteiger partial charge in [0.25, 0.3) is 0 Å². The van der Waals surface area contributed by atoms with Crippen LogP contribution in [0.2, 0.25) is 0 Å². The SMILES string of the molecule is FC(F)(F)c1cc(NCC2CCCCCC2)ccc1Br. The fourth-order valence-corrected chi connectivity index (χ4v) is 3.15. The second-order valence-electron chi connectivity index (χ2n) is 5.43. The zero-order valence-electron chi connectivity index (χ0n) is 11.3. The molecule has 1 saturated carbocycles. The van der Waals surface area contributed by atoms with Crippen molar-refractivity contribution in [1.82, 2.24) is 0 Å². The number of anilines is 1. The number of hydrogen-bond donors (Lipinski definition) is 1. The molecule has 0 saturated heterocycles. The molecule has 1 aromatic carbocycles. The molecule has 2 rings (SSSR count). The van der Waals surface area contributed by atoms with Gasteiger partial charge >= 0.3 is 6.18 Å². The second-order valence-corrected chi connectivity index (χ2v) is 6.29. The van der Waals surface area contributed by atoms with Crippen LogP contribution in [0.4, 0.5) is 18.9 Å². The summed E-state index contributed by atoms with van der Waals surface area (Å²) in [7, 11) is 0. The molecule has 0 aromatic heterocycles. The zero-order valence-corrected chi connectivity index (χ0v) is 12.9. The summed E-state index contributed by atoms with van der Waals surface area (Å²) in [6.45, 7) is 0.763. The maximum atomic E-state index is 12.8. The van der Waals surface area contributed by atoms with E-state index in [2.05, 4.69) is 21.2 Å². The quantitative estimate of drug-likeness (QED) is 0.674. The molecule has 1 nitrogen and oxygen atoms in total. The van der Waals surface area contributed by atoms with Gasteiger partial charge in [-0.2, -0.15) is 13.2 Å². The van der Waals surface area contributed by atoms with Gasteiger partial charge in [0.05, 0.1) is 5.56 Å². The minimum absolute atomic E-state index is 0.0880. The Kier molecular flexibility index (Phi) is 5.35. The highest BCUT2D eigenvalue weighted by atomic mass is 79.9. The first-order valence-electron chi connectivity index (χ1n) is 7.07. The number of nitrogens with one attached hydrogen (secondary N) is 1. The Morgan fingerprint density at radius 2 is 1.75 bits per heavy atom. The van der Waals surface area contributed by atoms with Crippen LogP contribution >= 0.6 is 15.9 Å². The van der Waals surface area contributed by atoms with Crippen LogP contribution in [0.5, 0.6) is 0 Å². The Labute approximate surface area is 126 Å². The summed E-state index contributed by atoms with van der Waals surface area (Å²) in [5, 5.41) is 3.16. The molecule has 1 fully saturated rings. The van der Waals surface area contributed by atoms with Crippen molar-refractivity contribution in [3.05, 3.63) is 28.2 Å². The van der Waals surface area contributed by atoms with E-state index < -0.39 is 11.7 Å². The Morgan fingerprint density at radius 3 is 2.35 bits per heavy atom. The van der Waals surface area contributed by atoms with E-state index in [1.807, 2.05) is 0 Å². The van der Waals surface area contributed by atoms with Crippen molar-refractivity contribution in [2.24, 2.45) is 5.92 Å². The van der Waals surface area contributed by atoms with E-state index in [1.54, 1.807) is 6.07 Å². The molecule has 112 valence electrons. The molecule has 1 aromatic rings. The Bertz CT molecular complexity index is 437. The van der Waals surface area contributed by atoms with Gasteiger partial charge in [-0.15, -0.1) is 0 Å². The molecule has 20 heavy (non-hydrogen) atoms. The van der Waals surface area contributed by atoms with Crippen molar-refractivity contribution < 1.29 is 13.2 Å². The summed E-state index contributed by atoms with van der Waals surface area (Å²) in [5.41, 5.74) is -0.0758. The van der Waals surface area contributed by atoms with Crippen molar-refractivity contribution in [2.45, 2.75) is 44.7 Å². The number of rotatable bonds is 3. The summed E-state index contributed by atoms with van der Waals surface area (Å²) in [6, 6.07) is 4.33. The van der Waals surface area contributed by atoms with E-state index in [0.29, 0.717) is 11.6 Å². The largest absolute Gasteiger partial charge is 0.417 e. The van der Waals surface area contributed by atoms with E-state index in [4.69, 9.17) is 0 Å². The normalized spacial score (nSPS) is 17.8. The predicted molar refractivity (Wildman–Crippen MR) is 78.8 cm³/mol. The van der Waals surface area contributed by atoms with Crippen LogP contribution in [-0.4, -0.2) is 6.54 Å². The maximum absolute atomic E-state index is 12.8. The Morgan fingerprint density at radius 1 is 1.10 bits per heavy atom. The summed E-state index contributed by atoms with van der Waals surface area (Å²) in [6.07, 6.45) is 3.07. The minimum Gasteiger partial charge on any atom is -0.385 e. The molecule has 1 aliphatic rings. The first-order chi connectivity index (χ1) is 9.47. The maximum Gasteiger partial charge on any atom is 0.417 e. The van der Waals surface area contributed by atoms with E-state index >= 15 is 0 Å². The van der Waals surface area contributed by atoms with Gasteiger partial charge in [0.15, 0.2) is 0 Å². The van der Waals surface area contributed by atoms with E-state index in [1.165, 1.54) is 50.7 Å². The lowest BCUT2D eigenvalue weighted by Crippen LogP contribution is -2.14. The van der Waals surface area contributed by atoms with Crippen LogP contribution < -0.4 is 5.32 Å². The monoisotopic (exact) mass is 349 g/mol. The van der Waals surface area contributed by atoms with Crippen molar-refractivity contribution in [2.75, 3.05) is 11.9 Å². The summed E-state index contributed by atoms with van der Waals surface area (Å²) >= 11 is 2.96. The Hall–Kier alpha value is -0.710. The van der Waals surface area contributed by atoms with Crippen molar-refractivity contribution >= 4 is 21.6 Å². The number of alkyl halides is 3. The average molecular weight is 350 g/mol. The molecule has 0 unspecified atom stereocenters. The third kappa shape index (κ3) is 4.40. The predicted octanol–water partition coefficient (Wildman–Crippen LogP) is 5.85. The molecule has 1 aliphatic carbocycles. The molecule has 0 aliphatic heterocycles. The third-order valence-corrected chi connectivity index (χ3v) is 4.53. The lowest BCUT2D eigenvalue weighted by atomic mass is 10.0. The van der Waals surface area contributed by atoms with Gasteiger partial charge in [0.2, 0.25) is 0 Å². The molecular weight excluding hydrogens is 331 g/mol. The van der Waals surface area contributed by atoms with Gasteiger partial charge in [-0.3, -0.25) is 0 Å². The van der Waals surface area contributed by atoms with Gasteiger partial charge < -0.3 is 5.32 Å². The van der Waals surface area contributed by atoms with Crippen LogP contribution in [0.25, 0.3) is 0 Å². The first kappa shape index (κ1) is 15.7. The van der Waals surface area contributed by atoms with Crippen molar-refractivity contribution in [1.29, 1.82) is 0 Å². The topological polar surface area (TPSA) is 12.0 Å². The fourth-order valence-electron chi connectivity index (χ4n) is 2.68. The molecule has 0 bridgehead atoms. The lowest BCUT2D eigenvalue weighted by molar-refractivity contribution is -0.138. The van der Waals surface area contributed by atoms with Crippen LogP contribution in [0.3, 0.4) is 0 Å². The van der Waals surface area contributed by atoms with Gasteiger partial charge in [-0.25, -0.2) is 0 Å². The summed E-state index contributed by atoms with van der Waals surface area (Å²) < 4.78 is 38.5. The second kappa shape index (κ2) is 6.83. The smallest absolute Gasteiger partial charge is 0.385 e. The number of hydrogen-bond acceptors (Lipinski definition) is 1. The fraction of sp³-hybridized carbons (Fsp3) is 0.600. The van der Waals surface area contributed by atoms with Gasteiger partial charge in [-0.05, 0) is 37.0 Å². The first-order valence-corrected chi connectivity index (χ1v) is 7.87. The van der Waals surface area contributed by atoms with E-state index in [9.17, 15) is 13.2 Å². The minimum atomic E-state index is -4.32. The van der Waals surface area contributed by atoms with Crippen LogP contribution in [-0.2, 0) is 6.18 Å². The van der Waals surface area contributed by atoms with Crippen molar-refractivity contribution in [3.63, 3.8) is 0 Å². The molecular formula is C15H19BrF3N. The summed E-state index contributed by atoms with van der Waals surface area (Å²) in [5.74, 6) is 0.579. The molecule has 0 atom stereocenters. The van der Waals surface area contributed by atoms with E-state index in [0.717, 1.165) is 6.54 Å². The van der Waals surface area contributed by atoms with Gasteiger partial charge in [0, 0.05) is 16.7 Å². The highest BCUT2D eigenvalue weighted by Crippen LogP contribution is 2.36. The van der Waals surface area contributed by atoms with Crippen LogP contribution in [0.15, 0.2) is 22.7 Å². The lowest BCUT2D eigenvalue weighted by Gasteiger charge is -2.17. The highest BCUT2D eigenvalue weighted by Gasteiger charge is 2.33. The molecule has 0 heterocycles. The molecule has 0 amide bonds. The van der Waals surface area contributed by atoms with Crippen LogP contribution in [0.1, 0.15) is 44.1 Å². The zero-order chi connectivity index (χ0) is 14.6. The third-order valence-electron chi connectivity index (χ3n) is 3.84. The number of halogens is 4. The van der Waals surface area contributed by atoms with Gasteiger partial charge in [-0.1, -0.05) is 41.6 Å². The van der Waals surface area contributed by atoms with Gasteiger partial charge in [0.1, 0.15) is 0 Å². The molecule has 5 heteroatoms. The highest BCUT2D eigenvalue weighted by molar-refractivity contribution is 9.10. The van der Waals surface area contributed by atoms with Crippen molar-refractivity contribution in [3.8, 4) is 0 Å². The average Bonchev–Trinajstić information content (AvgIpc) is 2.65. The van der Waals surface area contributed by atoms with E-state index in [-0.39, 0.29) is 4.47 Å². The standard InChI is InChI=1S/C15H19BrF3N/c16-14-8-7-12(9-13(14)15(17,18)19)20-10-11-5-3-1-2-4-6-11/h7-9,11,20H,1-6,10H2. The molecule has 0 radical (unpaired) electrons.